The molecule has 1 aromatic carbocycles. The van der Waals surface area contributed by atoms with Gasteiger partial charge >= 0.3 is 6.09 Å². The Kier molecular flexibility index (Phi) is 2.85. The summed E-state index contributed by atoms with van der Waals surface area (Å²) in [6.07, 6.45) is -0.411. The van der Waals surface area contributed by atoms with E-state index in [-0.39, 0.29) is 10.8 Å². The van der Waals surface area contributed by atoms with Crippen LogP contribution in [0.4, 0.5) is 10.5 Å². The maximum absolute atomic E-state index is 11.7. The van der Waals surface area contributed by atoms with Gasteiger partial charge in [0, 0.05) is 11.6 Å². The van der Waals surface area contributed by atoms with Crippen molar-refractivity contribution < 1.29 is 14.1 Å². The first kappa shape index (κ1) is 13.8. The predicted octanol–water partition coefficient (Wildman–Crippen LogP) is 4.14. The van der Waals surface area contributed by atoms with Crippen LogP contribution in [-0.2, 0) is 10.8 Å². The predicted molar refractivity (Wildman–Crippen MR) is 76.9 cm³/mol. The van der Waals surface area contributed by atoms with Crippen LogP contribution >= 0.6 is 0 Å². The van der Waals surface area contributed by atoms with Crippen LogP contribution in [0.25, 0.3) is 0 Å². The Hall–Kier alpha value is -1.64. The highest BCUT2D eigenvalue weighted by Gasteiger charge is 2.40. The topological polar surface area (TPSA) is 29.3 Å². The lowest BCUT2D eigenvalue weighted by atomic mass is 9.80. The number of hydrogen-bond acceptors (Lipinski definition) is 2. The fourth-order valence-corrected chi connectivity index (χ4v) is 2.15. The van der Waals surface area contributed by atoms with Gasteiger partial charge in [-0.25, -0.2) is 0 Å². The molecule has 2 rings (SSSR count). The molecule has 3 heteroatoms. The van der Waals surface area contributed by atoms with Crippen molar-refractivity contribution >= 4 is 18.5 Å². The minimum absolute atomic E-state index is 0.0154. The van der Waals surface area contributed by atoms with Crippen LogP contribution in [0.5, 0.6) is 5.75 Å². The van der Waals surface area contributed by atoms with Crippen molar-refractivity contribution in [1.82, 2.24) is 0 Å². The molecule has 0 bridgehead atoms. The second-order valence-electron chi connectivity index (χ2n) is 7.17. The number of nitrogens with zero attached hydrogens (tertiary/aromatic N) is 1. The highest BCUT2D eigenvalue weighted by molar-refractivity contribution is 5.78. The molecule has 0 fully saturated rings. The summed E-state index contributed by atoms with van der Waals surface area (Å²) in [5.74, 6) is 0.653. The number of carbonyl (C=O) groups is 1. The van der Waals surface area contributed by atoms with E-state index in [4.69, 9.17) is 4.74 Å². The molecule has 0 spiro atoms. The fraction of sp³-hybridized carbons (Fsp3) is 0.500. The lowest BCUT2D eigenvalue weighted by Gasteiger charge is -2.25. The zero-order valence-corrected chi connectivity index (χ0v) is 12.6. The van der Waals surface area contributed by atoms with Gasteiger partial charge in [-0.15, -0.1) is 0 Å². The standard InChI is InChI=1S/C16H22NO2/c1-15(2,3)10-8-11(16(4,5)6)13-12(9-10)17(7)14(18)19-13/h8-9H,7H2,1-6H3/q+1. The lowest BCUT2D eigenvalue weighted by molar-refractivity contribution is -0.323. The van der Waals surface area contributed by atoms with Gasteiger partial charge in [0.05, 0.1) is 0 Å². The molecule has 1 amide bonds. The maximum Gasteiger partial charge on any atom is 0.607 e. The van der Waals surface area contributed by atoms with Gasteiger partial charge < -0.3 is 4.74 Å². The van der Waals surface area contributed by atoms with Crippen LogP contribution in [-0.4, -0.2) is 17.4 Å². The molecule has 3 nitrogen and oxygen atoms in total. The molecule has 0 atom stereocenters. The number of amides is 1. The molecular weight excluding hydrogens is 238 g/mol. The quantitative estimate of drug-likeness (QED) is 0.656. The second kappa shape index (κ2) is 3.92. The number of hydrogen-bond donors (Lipinski definition) is 0. The molecule has 1 heterocycles. The Labute approximate surface area is 114 Å². The molecular formula is C16H22NO2+. The number of benzene rings is 1. The summed E-state index contributed by atoms with van der Waals surface area (Å²) < 4.78 is 6.70. The third-order valence-corrected chi connectivity index (χ3v) is 3.44. The van der Waals surface area contributed by atoms with Gasteiger partial charge in [0.1, 0.15) is 6.72 Å². The summed E-state index contributed by atoms with van der Waals surface area (Å²) in [6, 6.07) is 4.15. The van der Waals surface area contributed by atoms with Crippen molar-refractivity contribution in [3.05, 3.63) is 23.3 Å². The van der Waals surface area contributed by atoms with Crippen LogP contribution in [0.15, 0.2) is 12.1 Å². The van der Waals surface area contributed by atoms with Crippen molar-refractivity contribution in [1.29, 1.82) is 0 Å². The molecule has 102 valence electrons. The average Bonchev–Trinajstić information content (AvgIpc) is 2.51. The van der Waals surface area contributed by atoms with Crippen LogP contribution in [0, 0.1) is 0 Å². The van der Waals surface area contributed by atoms with E-state index < -0.39 is 6.09 Å². The minimum Gasteiger partial charge on any atom is -0.365 e. The van der Waals surface area contributed by atoms with E-state index in [1.807, 2.05) is 6.07 Å². The van der Waals surface area contributed by atoms with Gasteiger partial charge in [-0.3, -0.25) is 0 Å². The monoisotopic (exact) mass is 260 g/mol. The first-order valence-electron chi connectivity index (χ1n) is 6.53. The Morgan fingerprint density at radius 3 is 2.11 bits per heavy atom. The Morgan fingerprint density at radius 2 is 1.63 bits per heavy atom. The second-order valence-corrected chi connectivity index (χ2v) is 7.17. The highest BCUT2D eigenvalue weighted by atomic mass is 16.6. The van der Waals surface area contributed by atoms with E-state index in [2.05, 4.69) is 54.3 Å². The Bertz CT molecular complexity index is 572. The van der Waals surface area contributed by atoms with Crippen LogP contribution < -0.4 is 4.74 Å². The molecule has 1 aliphatic rings. The summed E-state index contributed by atoms with van der Waals surface area (Å²) in [7, 11) is 0. The summed E-state index contributed by atoms with van der Waals surface area (Å²) in [5, 5.41) is 0. The van der Waals surface area contributed by atoms with Crippen molar-refractivity contribution in [2.45, 2.75) is 52.4 Å². The maximum atomic E-state index is 11.7. The molecule has 0 N–H and O–H groups in total. The van der Waals surface area contributed by atoms with E-state index >= 15 is 0 Å². The first-order chi connectivity index (χ1) is 8.51. The Morgan fingerprint density at radius 1 is 1.05 bits per heavy atom. The van der Waals surface area contributed by atoms with Crippen molar-refractivity contribution in [3.63, 3.8) is 0 Å². The summed E-state index contributed by atoms with van der Waals surface area (Å²) in [4.78, 5) is 11.7. The van der Waals surface area contributed by atoms with E-state index in [0.29, 0.717) is 5.75 Å². The molecule has 19 heavy (non-hydrogen) atoms. The van der Waals surface area contributed by atoms with Crippen LogP contribution in [0.2, 0.25) is 0 Å². The van der Waals surface area contributed by atoms with E-state index in [9.17, 15) is 4.79 Å². The minimum atomic E-state index is -0.411. The normalized spacial score (nSPS) is 15.5. The summed E-state index contributed by atoms with van der Waals surface area (Å²) >= 11 is 0. The van der Waals surface area contributed by atoms with Crippen LogP contribution in [0.3, 0.4) is 0 Å². The number of fused-ring (bicyclic) bond motifs is 1. The fourth-order valence-electron chi connectivity index (χ4n) is 2.15. The summed E-state index contributed by atoms with van der Waals surface area (Å²) in [5.41, 5.74) is 2.93. The van der Waals surface area contributed by atoms with Gasteiger partial charge in [-0.2, -0.15) is 4.79 Å². The molecule has 0 aromatic heterocycles. The highest BCUT2D eigenvalue weighted by Crippen LogP contribution is 2.44. The summed E-state index contributed by atoms with van der Waals surface area (Å²) in [6.45, 7) is 16.6. The van der Waals surface area contributed by atoms with E-state index in [1.165, 1.54) is 10.1 Å². The number of ether oxygens (including phenoxy) is 1. The smallest absolute Gasteiger partial charge is 0.365 e. The lowest BCUT2D eigenvalue weighted by Crippen LogP contribution is -2.17. The van der Waals surface area contributed by atoms with Gasteiger partial charge in [-0.05, 0) is 16.4 Å². The van der Waals surface area contributed by atoms with Gasteiger partial charge in [0.2, 0.25) is 5.75 Å². The molecule has 0 unspecified atom stereocenters. The third kappa shape index (κ3) is 2.29. The van der Waals surface area contributed by atoms with Crippen LogP contribution in [0.1, 0.15) is 52.7 Å². The molecule has 0 saturated carbocycles. The Balaban J connectivity index is 2.75. The number of carbonyl (C=O) groups excluding carboxylic acids is 1. The SMILES string of the molecule is C=[N+]1C(=O)Oc2c1cc(C(C)(C)C)cc2C(C)(C)C. The van der Waals surface area contributed by atoms with Gasteiger partial charge in [-0.1, -0.05) is 52.2 Å². The zero-order chi connectivity index (χ0) is 14.6. The zero-order valence-electron chi connectivity index (χ0n) is 12.6. The van der Waals surface area contributed by atoms with Gasteiger partial charge in [0.15, 0.2) is 0 Å². The molecule has 1 aliphatic heterocycles. The van der Waals surface area contributed by atoms with Crippen molar-refractivity contribution in [3.8, 4) is 5.75 Å². The van der Waals surface area contributed by atoms with Crippen molar-refractivity contribution in [2.75, 3.05) is 0 Å². The van der Waals surface area contributed by atoms with E-state index in [0.717, 1.165) is 11.3 Å². The molecule has 1 aromatic rings. The molecule has 0 saturated heterocycles. The number of rotatable bonds is 0. The van der Waals surface area contributed by atoms with Gasteiger partial charge in [0.25, 0.3) is 5.69 Å². The van der Waals surface area contributed by atoms with Crippen molar-refractivity contribution in [2.24, 2.45) is 0 Å². The third-order valence-electron chi connectivity index (χ3n) is 3.44. The first-order valence-corrected chi connectivity index (χ1v) is 6.53. The largest absolute Gasteiger partial charge is 0.607 e. The molecule has 0 radical (unpaired) electrons. The molecule has 0 aliphatic carbocycles. The average molecular weight is 260 g/mol. The van der Waals surface area contributed by atoms with E-state index in [1.54, 1.807) is 0 Å².